The van der Waals surface area contributed by atoms with E-state index < -0.39 is 12.0 Å². The van der Waals surface area contributed by atoms with Gasteiger partial charge in [-0.2, -0.15) is 18.4 Å². The molecule has 0 aliphatic carbocycles. The van der Waals surface area contributed by atoms with Crippen molar-refractivity contribution in [3.8, 4) is 11.8 Å². The van der Waals surface area contributed by atoms with Gasteiger partial charge in [-0.15, -0.1) is 10.2 Å². The molecule has 0 saturated carbocycles. The zero-order chi connectivity index (χ0) is 24.7. The van der Waals surface area contributed by atoms with Gasteiger partial charge in [-0.25, -0.2) is 0 Å². The summed E-state index contributed by atoms with van der Waals surface area (Å²) in [7, 11) is 1.58. The fourth-order valence-corrected chi connectivity index (χ4v) is 4.87. The number of piperidine rings is 1. The Labute approximate surface area is 198 Å². The maximum Gasteiger partial charge on any atom is 0.451 e. The number of aromatic nitrogens is 4. The second-order valence-corrected chi connectivity index (χ2v) is 8.63. The molecule has 182 valence electrons. The van der Waals surface area contributed by atoms with Crippen LogP contribution in [0.15, 0.2) is 24.4 Å². The normalized spacial score (nSPS) is 16.8. The number of pyridine rings is 1. The van der Waals surface area contributed by atoms with Gasteiger partial charge in [0.1, 0.15) is 11.8 Å². The molecule has 2 aliphatic heterocycles. The summed E-state index contributed by atoms with van der Waals surface area (Å²) in [6.07, 6.45) is -1.89. The fraction of sp³-hybridized carbons (Fsp3) is 0.435. The average Bonchev–Trinajstić information content (AvgIpc) is 3.31. The number of halogens is 3. The molecule has 0 radical (unpaired) electrons. The highest BCUT2D eigenvalue weighted by atomic mass is 19.4. The van der Waals surface area contributed by atoms with Crippen LogP contribution in [-0.2, 0) is 24.1 Å². The van der Waals surface area contributed by atoms with Crippen molar-refractivity contribution in [2.75, 3.05) is 31.6 Å². The molecule has 12 heteroatoms. The second kappa shape index (κ2) is 8.72. The molecule has 1 amide bonds. The van der Waals surface area contributed by atoms with Gasteiger partial charge in [-0.05, 0) is 25.0 Å². The first-order valence-corrected chi connectivity index (χ1v) is 11.2. The van der Waals surface area contributed by atoms with Gasteiger partial charge in [-0.3, -0.25) is 9.78 Å². The van der Waals surface area contributed by atoms with Crippen LogP contribution in [0.4, 0.5) is 18.9 Å². The lowest BCUT2D eigenvalue weighted by Gasteiger charge is -2.37. The Bertz CT molecular complexity index is 1320. The number of amides is 1. The molecule has 0 N–H and O–H groups in total. The van der Waals surface area contributed by atoms with Gasteiger partial charge in [0.15, 0.2) is 5.82 Å². The highest BCUT2D eigenvalue weighted by Gasteiger charge is 2.40. The van der Waals surface area contributed by atoms with Gasteiger partial charge in [-0.1, -0.05) is 0 Å². The van der Waals surface area contributed by atoms with Crippen LogP contribution < -0.4 is 9.64 Å². The van der Waals surface area contributed by atoms with Crippen LogP contribution in [0.3, 0.4) is 0 Å². The molecule has 2 aliphatic rings. The van der Waals surface area contributed by atoms with E-state index in [4.69, 9.17) is 4.74 Å². The van der Waals surface area contributed by atoms with Gasteiger partial charge < -0.3 is 19.1 Å². The maximum absolute atomic E-state index is 13.2. The van der Waals surface area contributed by atoms with Crippen LogP contribution in [0.1, 0.15) is 30.1 Å². The standard InChI is InChI=1S/C23H22F3N7O2/c1-35-16-2-3-17-18(10-16)28-12-15(11-27)20(17)31-6-4-14(5-7-31)21(34)32-8-9-33-19(13-32)29-30-22(33)23(24,25)26/h2-3,10,12,14H,4-9,13H2,1H3. The Hall–Kier alpha value is -3.88. The summed E-state index contributed by atoms with van der Waals surface area (Å²) in [6.45, 7) is 1.34. The third-order valence-corrected chi connectivity index (χ3v) is 6.65. The van der Waals surface area contributed by atoms with Gasteiger partial charge in [0.25, 0.3) is 0 Å². The minimum absolute atomic E-state index is 0.0114. The number of carbonyl (C=O) groups is 1. The summed E-state index contributed by atoms with van der Waals surface area (Å²) >= 11 is 0. The maximum atomic E-state index is 13.2. The third kappa shape index (κ3) is 4.11. The van der Waals surface area contributed by atoms with Crippen molar-refractivity contribution in [2.45, 2.75) is 32.1 Å². The van der Waals surface area contributed by atoms with Crippen molar-refractivity contribution in [3.63, 3.8) is 0 Å². The molecule has 1 saturated heterocycles. The first-order chi connectivity index (χ1) is 16.8. The number of methoxy groups -OCH3 is 1. The number of benzene rings is 1. The van der Waals surface area contributed by atoms with Crippen LogP contribution in [-0.4, -0.2) is 57.3 Å². The number of alkyl halides is 3. The monoisotopic (exact) mass is 485 g/mol. The van der Waals surface area contributed by atoms with E-state index in [1.807, 2.05) is 18.2 Å². The van der Waals surface area contributed by atoms with Crippen molar-refractivity contribution in [1.82, 2.24) is 24.6 Å². The van der Waals surface area contributed by atoms with Crippen molar-refractivity contribution in [3.05, 3.63) is 41.6 Å². The molecule has 2 aromatic heterocycles. The molecular weight excluding hydrogens is 463 g/mol. The lowest BCUT2D eigenvalue weighted by Crippen LogP contribution is -2.45. The van der Waals surface area contributed by atoms with E-state index in [9.17, 15) is 23.2 Å². The fourth-order valence-electron chi connectivity index (χ4n) is 4.87. The Balaban J connectivity index is 1.30. The van der Waals surface area contributed by atoms with Crippen molar-refractivity contribution >= 4 is 22.5 Å². The van der Waals surface area contributed by atoms with E-state index in [-0.39, 0.29) is 37.3 Å². The van der Waals surface area contributed by atoms with Crippen molar-refractivity contribution in [2.24, 2.45) is 5.92 Å². The molecule has 1 fully saturated rings. The summed E-state index contributed by atoms with van der Waals surface area (Å²) in [5.74, 6) is -0.543. The summed E-state index contributed by atoms with van der Waals surface area (Å²) in [6, 6.07) is 7.74. The number of fused-ring (bicyclic) bond motifs is 2. The highest BCUT2D eigenvalue weighted by molar-refractivity contribution is 5.95. The zero-order valence-corrected chi connectivity index (χ0v) is 18.9. The van der Waals surface area contributed by atoms with Gasteiger partial charge in [0, 0.05) is 49.7 Å². The number of nitriles is 1. The zero-order valence-electron chi connectivity index (χ0n) is 18.9. The molecule has 9 nitrogen and oxygen atoms in total. The van der Waals surface area contributed by atoms with Gasteiger partial charge in [0.2, 0.25) is 11.7 Å². The minimum Gasteiger partial charge on any atom is -0.497 e. The highest BCUT2D eigenvalue weighted by Crippen LogP contribution is 2.35. The van der Waals surface area contributed by atoms with Gasteiger partial charge >= 0.3 is 6.18 Å². The van der Waals surface area contributed by atoms with E-state index in [2.05, 4.69) is 26.2 Å². The number of hydrogen-bond donors (Lipinski definition) is 0. The molecule has 5 rings (SSSR count). The predicted molar refractivity (Wildman–Crippen MR) is 118 cm³/mol. The number of rotatable bonds is 3. The quantitative estimate of drug-likeness (QED) is 0.562. The lowest BCUT2D eigenvalue weighted by atomic mass is 9.93. The molecule has 1 aromatic carbocycles. The summed E-state index contributed by atoms with van der Waals surface area (Å²) < 4.78 is 45.6. The number of ether oxygens (including phenoxy) is 1. The Morgan fingerprint density at radius 3 is 2.63 bits per heavy atom. The van der Waals surface area contributed by atoms with E-state index in [0.717, 1.165) is 15.6 Å². The molecule has 0 bridgehead atoms. The predicted octanol–water partition coefficient (Wildman–Crippen LogP) is 2.98. The van der Waals surface area contributed by atoms with Crippen LogP contribution in [0.2, 0.25) is 0 Å². The van der Waals surface area contributed by atoms with Crippen LogP contribution in [0.5, 0.6) is 5.75 Å². The first-order valence-electron chi connectivity index (χ1n) is 11.2. The Kier molecular flexibility index (Phi) is 5.70. The van der Waals surface area contributed by atoms with Crippen LogP contribution in [0, 0.1) is 17.2 Å². The minimum atomic E-state index is -4.57. The molecule has 0 spiro atoms. The van der Waals surface area contributed by atoms with E-state index in [0.29, 0.717) is 42.8 Å². The SMILES string of the molecule is COc1ccc2c(N3CCC(C(=O)N4CCn5c(nnc5C(F)(F)F)C4)CC3)c(C#N)cnc2c1. The summed E-state index contributed by atoms with van der Waals surface area (Å²) in [4.78, 5) is 21.2. The molecule has 3 aromatic rings. The number of anilines is 1. The lowest BCUT2D eigenvalue weighted by molar-refractivity contribution is -0.148. The summed E-state index contributed by atoms with van der Waals surface area (Å²) in [5.41, 5.74) is 1.97. The molecular formula is C23H22F3N7O2. The third-order valence-electron chi connectivity index (χ3n) is 6.65. The van der Waals surface area contributed by atoms with E-state index in [1.165, 1.54) is 0 Å². The van der Waals surface area contributed by atoms with Crippen molar-refractivity contribution < 1.29 is 22.7 Å². The molecule has 35 heavy (non-hydrogen) atoms. The van der Waals surface area contributed by atoms with Crippen molar-refractivity contribution in [1.29, 1.82) is 5.26 Å². The second-order valence-electron chi connectivity index (χ2n) is 8.63. The topological polar surface area (TPSA) is 100 Å². The Morgan fingerprint density at radius 2 is 1.94 bits per heavy atom. The molecule has 4 heterocycles. The first kappa shape index (κ1) is 22.9. The van der Waals surface area contributed by atoms with E-state index in [1.54, 1.807) is 18.2 Å². The van der Waals surface area contributed by atoms with Crippen LogP contribution >= 0.6 is 0 Å². The smallest absolute Gasteiger partial charge is 0.451 e. The van der Waals surface area contributed by atoms with Gasteiger partial charge in [0.05, 0.1) is 30.4 Å². The molecule has 0 unspecified atom stereocenters. The average molecular weight is 485 g/mol. The number of carbonyl (C=O) groups excluding carboxylic acids is 1. The molecule has 0 atom stereocenters. The Morgan fingerprint density at radius 1 is 1.17 bits per heavy atom. The largest absolute Gasteiger partial charge is 0.497 e. The number of nitrogens with zero attached hydrogens (tertiary/aromatic N) is 7. The van der Waals surface area contributed by atoms with Crippen LogP contribution in [0.25, 0.3) is 10.9 Å². The van der Waals surface area contributed by atoms with E-state index >= 15 is 0 Å². The summed E-state index contributed by atoms with van der Waals surface area (Å²) in [5, 5.41) is 17.4. The number of hydrogen-bond acceptors (Lipinski definition) is 7.